The van der Waals surface area contributed by atoms with Crippen molar-refractivity contribution in [3.63, 3.8) is 0 Å². The highest BCUT2D eigenvalue weighted by Crippen LogP contribution is 2.37. The van der Waals surface area contributed by atoms with Crippen LogP contribution in [0.4, 0.5) is 5.82 Å². The Labute approximate surface area is 232 Å². The maximum absolute atomic E-state index is 12.7. The first-order valence-electron chi connectivity index (χ1n) is 12.7. The Morgan fingerprint density at radius 3 is 2.55 bits per heavy atom. The number of anilines is 1. The van der Waals surface area contributed by atoms with Crippen LogP contribution in [0.3, 0.4) is 0 Å². The van der Waals surface area contributed by atoms with Crippen molar-refractivity contribution in [2.75, 3.05) is 40.2 Å². The normalized spacial score (nSPS) is 16.6. The molecule has 1 amide bonds. The van der Waals surface area contributed by atoms with Crippen molar-refractivity contribution >= 4 is 22.6 Å². The maximum Gasteiger partial charge on any atom is 0.246 e. The number of nitrogen functional groups attached to an aromatic ring is 1. The average molecular weight is 542 g/mol. The number of hydrogen-bond acceptors (Lipinski definition) is 8. The minimum Gasteiger partial charge on any atom is -0.497 e. The summed E-state index contributed by atoms with van der Waals surface area (Å²) in [5, 5.41) is 5.59. The number of pyridine rings is 1. The molecule has 2 atom stereocenters. The van der Waals surface area contributed by atoms with Gasteiger partial charge in [-0.15, -0.1) is 0 Å². The van der Waals surface area contributed by atoms with Gasteiger partial charge in [-0.1, -0.05) is 12.5 Å². The third kappa shape index (κ3) is 4.97. The van der Waals surface area contributed by atoms with Gasteiger partial charge in [0.1, 0.15) is 23.0 Å². The van der Waals surface area contributed by atoms with Gasteiger partial charge in [-0.25, -0.2) is 9.97 Å². The van der Waals surface area contributed by atoms with Crippen LogP contribution in [0.15, 0.2) is 49.6 Å². The summed E-state index contributed by atoms with van der Waals surface area (Å²) in [5.41, 5.74) is 9.87. The molecule has 206 valence electrons. The first-order chi connectivity index (χ1) is 19.4. The molecular formula is C29H31N7O4. The van der Waals surface area contributed by atoms with Crippen LogP contribution in [0, 0.1) is 11.8 Å². The van der Waals surface area contributed by atoms with Crippen molar-refractivity contribution in [1.82, 2.24) is 29.2 Å². The van der Waals surface area contributed by atoms with Crippen molar-refractivity contribution in [3.05, 3.63) is 60.8 Å². The van der Waals surface area contributed by atoms with Crippen molar-refractivity contribution in [1.29, 1.82) is 0 Å². The van der Waals surface area contributed by atoms with E-state index in [2.05, 4.69) is 28.4 Å². The molecule has 2 N–H and O–H groups in total. The molecule has 4 heterocycles. The molecule has 0 unspecified atom stereocenters. The van der Waals surface area contributed by atoms with E-state index in [1.54, 1.807) is 44.8 Å². The molecule has 1 aliphatic heterocycles. The molecule has 1 saturated heterocycles. The number of methoxy groups -OCH3 is 3. The molecule has 0 aliphatic carbocycles. The van der Waals surface area contributed by atoms with Gasteiger partial charge in [0.25, 0.3) is 0 Å². The molecule has 5 rings (SSSR count). The van der Waals surface area contributed by atoms with Crippen LogP contribution in [-0.2, 0) is 16.6 Å². The van der Waals surface area contributed by atoms with Gasteiger partial charge >= 0.3 is 0 Å². The van der Waals surface area contributed by atoms with E-state index in [1.807, 2.05) is 34.6 Å². The molecule has 0 saturated carbocycles. The lowest BCUT2D eigenvalue weighted by molar-refractivity contribution is -0.127. The van der Waals surface area contributed by atoms with Crippen molar-refractivity contribution in [3.8, 4) is 34.6 Å². The van der Waals surface area contributed by atoms with Gasteiger partial charge in [-0.2, -0.15) is 5.10 Å². The summed E-state index contributed by atoms with van der Waals surface area (Å²) in [5.74, 6) is 7.77. The Balaban J connectivity index is 1.69. The standard InChI is InChI=1S/C29H31N7O4/c1-6-26(37)35-14-19(11-20(35)16-38-3)36-28-23(25-15-34(2)17-32-25)13-31-29(30)27(28)24(33-36)8-7-18-9-21(39-4)12-22(10-18)40-5/h6,9-10,12-13,15,17,19-20H,1,11,14,16H2,2-5H3,(H2,30,31)/t19-,20+/m0/s1. The third-order valence-corrected chi connectivity index (χ3v) is 6.97. The van der Waals surface area contributed by atoms with Crippen LogP contribution in [0.1, 0.15) is 23.7 Å². The summed E-state index contributed by atoms with van der Waals surface area (Å²) in [6.45, 7) is 4.50. The highest BCUT2D eigenvalue weighted by molar-refractivity contribution is 6.01. The van der Waals surface area contributed by atoms with E-state index < -0.39 is 0 Å². The fourth-order valence-electron chi connectivity index (χ4n) is 5.10. The fourth-order valence-corrected chi connectivity index (χ4v) is 5.10. The number of rotatable bonds is 7. The molecule has 0 spiro atoms. The number of benzene rings is 1. The molecule has 0 radical (unpaired) electrons. The van der Waals surface area contributed by atoms with Gasteiger partial charge in [0.2, 0.25) is 5.91 Å². The number of nitrogens with zero attached hydrogens (tertiary/aromatic N) is 6. The van der Waals surface area contributed by atoms with E-state index in [0.717, 1.165) is 16.8 Å². The minimum absolute atomic E-state index is 0.129. The smallest absolute Gasteiger partial charge is 0.246 e. The third-order valence-electron chi connectivity index (χ3n) is 6.97. The first-order valence-corrected chi connectivity index (χ1v) is 12.7. The summed E-state index contributed by atoms with van der Waals surface area (Å²) < 4.78 is 20.0. The second kappa shape index (κ2) is 11.1. The molecule has 40 heavy (non-hydrogen) atoms. The number of carbonyl (C=O) groups excluding carboxylic acids is 1. The average Bonchev–Trinajstić information content (AvgIpc) is 3.69. The summed E-state index contributed by atoms with van der Waals surface area (Å²) >= 11 is 0. The highest BCUT2D eigenvalue weighted by atomic mass is 16.5. The maximum atomic E-state index is 12.7. The lowest BCUT2D eigenvalue weighted by Gasteiger charge is -2.22. The summed E-state index contributed by atoms with van der Waals surface area (Å²) in [7, 11) is 6.71. The van der Waals surface area contributed by atoms with E-state index in [-0.39, 0.29) is 18.0 Å². The molecule has 4 aromatic rings. The number of amides is 1. The Kier molecular flexibility index (Phi) is 7.44. The quantitative estimate of drug-likeness (QED) is 0.280. The molecular weight excluding hydrogens is 510 g/mol. The van der Waals surface area contributed by atoms with E-state index in [1.165, 1.54) is 6.08 Å². The Bertz CT molecular complexity index is 1620. The molecule has 1 aromatic carbocycles. The summed E-state index contributed by atoms with van der Waals surface area (Å²) in [6, 6.07) is 5.13. The minimum atomic E-state index is -0.164. The monoisotopic (exact) mass is 541 g/mol. The predicted molar refractivity (Wildman–Crippen MR) is 151 cm³/mol. The van der Waals surface area contributed by atoms with Gasteiger partial charge in [0.15, 0.2) is 0 Å². The zero-order chi connectivity index (χ0) is 28.4. The predicted octanol–water partition coefficient (Wildman–Crippen LogP) is 2.81. The first kappa shape index (κ1) is 26.8. The molecule has 0 bridgehead atoms. The van der Waals surface area contributed by atoms with Crippen molar-refractivity contribution < 1.29 is 19.0 Å². The molecule has 1 aliphatic rings. The number of likely N-dealkylation sites (tertiary alicyclic amines) is 1. The van der Waals surface area contributed by atoms with Crippen LogP contribution in [0.2, 0.25) is 0 Å². The zero-order valence-corrected chi connectivity index (χ0v) is 22.9. The number of hydrogen-bond donors (Lipinski definition) is 1. The SMILES string of the molecule is C=CC(=O)N1C[C@@H](n2nc(C#Cc3cc(OC)cc(OC)c3)c3c(N)ncc(-c4cn(C)cn4)c32)C[C@@H]1COC. The summed E-state index contributed by atoms with van der Waals surface area (Å²) in [4.78, 5) is 23.5. The van der Waals surface area contributed by atoms with E-state index in [9.17, 15) is 4.79 Å². The lowest BCUT2D eigenvalue weighted by atomic mass is 10.1. The Morgan fingerprint density at radius 1 is 1.18 bits per heavy atom. The van der Waals surface area contributed by atoms with E-state index in [4.69, 9.17) is 25.0 Å². The van der Waals surface area contributed by atoms with Gasteiger partial charge in [0.05, 0.1) is 55.8 Å². The van der Waals surface area contributed by atoms with Crippen LogP contribution in [-0.4, -0.2) is 75.6 Å². The number of aryl methyl sites for hydroxylation is 1. The lowest BCUT2D eigenvalue weighted by Crippen LogP contribution is -2.37. The Hall–Kier alpha value is -4.82. The molecule has 3 aromatic heterocycles. The van der Waals surface area contributed by atoms with E-state index in [0.29, 0.717) is 53.5 Å². The second-order valence-electron chi connectivity index (χ2n) is 9.54. The van der Waals surface area contributed by atoms with Crippen molar-refractivity contribution in [2.45, 2.75) is 18.5 Å². The fraction of sp³-hybridized carbons (Fsp3) is 0.310. The number of nitrogens with two attached hydrogens (primary N) is 1. The van der Waals surface area contributed by atoms with Crippen molar-refractivity contribution in [2.24, 2.45) is 7.05 Å². The highest BCUT2D eigenvalue weighted by Gasteiger charge is 2.37. The van der Waals surface area contributed by atoms with Gasteiger partial charge in [0, 0.05) is 50.3 Å². The van der Waals surface area contributed by atoms with Crippen LogP contribution in [0.5, 0.6) is 11.5 Å². The zero-order valence-electron chi connectivity index (χ0n) is 22.9. The number of ether oxygens (including phenoxy) is 3. The topological polar surface area (TPSA) is 123 Å². The number of fused-ring (bicyclic) bond motifs is 1. The second-order valence-corrected chi connectivity index (χ2v) is 9.54. The molecule has 11 heteroatoms. The van der Waals surface area contributed by atoms with Gasteiger partial charge in [-0.3, -0.25) is 9.48 Å². The molecule has 11 nitrogen and oxygen atoms in total. The van der Waals surface area contributed by atoms with Crippen LogP contribution >= 0.6 is 0 Å². The van der Waals surface area contributed by atoms with Gasteiger partial charge < -0.3 is 29.4 Å². The van der Waals surface area contributed by atoms with Crippen LogP contribution < -0.4 is 15.2 Å². The number of aromatic nitrogens is 5. The Morgan fingerprint density at radius 2 is 1.93 bits per heavy atom. The largest absolute Gasteiger partial charge is 0.497 e. The summed E-state index contributed by atoms with van der Waals surface area (Å²) in [6.07, 6.45) is 7.30. The van der Waals surface area contributed by atoms with Gasteiger partial charge in [-0.05, 0) is 30.6 Å². The number of carbonyl (C=O) groups is 1. The number of imidazole rings is 1. The molecule has 1 fully saturated rings. The van der Waals surface area contributed by atoms with E-state index >= 15 is 0 Å². The van der Waals surface area contributed by atoms with Crippen LogP contribution in [0.25, 0.3) is 22.2 Å².